The van der Waals surface area contributed by atoms with Crippen LogP contribution in [0.5, 0.6) is 0 Å². The van der Waals surface area contributed by atoms with E-state index < -0.39 is 5.41 Å². The van der Waals surface area contributed by atoms with Crippen molar-refractivity contribution in [2.24, 2.45) is 5.41 Å². The third kappa shape index (κ3) is 3.46. The third-order valence-electron chi connectivity index (χ3n) is 3.43. The first kappa shape index (κ1) is 15.2. The fourth-order valence-corrected chi connectivity index (χ4v) is 2.17. The summed E-state index contributed by atoms with van der Waals surface area (Å²) in [6, 6.07) is 15.1. The molecule has 0 fully saturated rings. The van der Waals surface area contributed by atoms with Gasteiger partial charge in [-0.3, -0.25) is 9.59 Å². The van der Waals surface area contributed by atoms with Crippen LogP contribution in [0, 0.1) is 5.41 Å². The molecule has 0 amide bonds. The molecule has 0 aliphatic rings. The first-order chi connectivity index (χ1) is 9.79. The molecule has 2 aromatic carbocycles. The van der Waals surface area contributed by atoms with E-state index in [1.807, 2.05) is 69.3 Å². The quantitative estimate of drug-likeness (QED) is 0.758. The van der Waals surface area contributed by atoms with E-state index in [9.17, 15) is 9.59 Å². The number of rotatable bonds is 3. The maximum Gasteiger partial charge on any atom is 0.168 e. The Hall–Kier alpha value is -2.22. The molecule has 108 valence electrons. The molecular weight excluding hydrogens is 260 g/mol. The molecule has 0 bridgehead atoms. The summed E-state index contributed by atoms with van der Waals surface area (Å²) >= 11 is 0. The molecule has 0 aliphatic carbocycles. The largest absolute Gasteiger partial charge is 0.295 e. The van der Waals surface area contributed by atoms with Crippen molar-refractivity contribution in [1.82, 2.24) is 0 Å². The maximum absolute atomic E-state index is 12.3. The average molecular weight is 280 g/mol. The van der Waals surface area contributed by atoms with Gasteiger partial charge in [-0.25, -0.2) is 0 Å². The third-order valence-corrected chi connectivity index (χ3v) is 3.43. The molecule has 0 saturated heterocycles. The summed E-state index contributed by atoms with van der Waals surface area (Å²) in [7, 11) is 0. The van der Waals surface area contributed by atoms with Gasteiger partial charge in [-0.05, 0) is 24.1 Å². The first-order valence-corrected chi connectivity index (χ1v) is 7.05. The Labute approximate surface area is 125 Å². The second-order valence-electron chi connectivity index (χ2n) is 6.29. The van der Waals surface area contributed by atoms with Crippen LogP contribution in [-0.2, 0) is 0 Å². The summed E-state index contributed by atoms with van der Waals surface area (Å²) in [5.41, 5.74) is 3.01. The molecule has 0 saturated carbocycles. The summed E-state index contributed by atoms with van der Waals surface area (Å²) in [5.74, 6) is 0.183. The lowest BCUT2D eigenvalue weighted by Gasteiger charge is -2.17. The van der Waals surface area contributed by atoms with Crippen LogP contribution >= 0.6 is 0 Å². The van der Waals surface area contributed by atoms with Crippen molar-refractivity contribution in [2.45, 2.75) is 27.7 Å². The van der Waals surface area contributed by atoms with Gasteiger partial charge in [0.15, 0.2) is 11.6 Å². The number of hydrogen-bond donors (Lipinski definition) is 0. The highest BCUT2D eigenvalue weighted by Crippen LogP contribution is 2.25. The van der Waals surface area contributed by atoms with E-state index in [0.717, 1.165) is 16.7 Å². The van der Waals surface area contributed by atoms with E-state index in [0.29, 0.717) is 5.56 Å². The molecule has 0 N–H and O–H groups in total. The summed E-state index contributed by atoms with van der Waals surface area (Å²) in [6.45, 7) is 7.31. The lowest BCUT2D eigenvalue weighted by molar-refractivity contribution is 0.0858. The Balaban J connectivity index is 2.37. The van der Waals surface area contributed by atoms with Crippen molar-refractivity contribution in [3.8, 4) is 11.1 Å². The van der Waals surface area contributed by atoms with Crippen molar-refractivity contribution in [3.05, 3.63) is 59.7 Å². The van der Waals surface area contributed by atoms with Crippen LogP contribution in [0.1, 0.15) is 48.4 Å². The molecule has 2 aromatic rings. The number of Topliss-reactive ketones (excluding diaryl/α,β-unsaturated/α-hetero) is 2. The van der Waals surface area contributed by atoms with Crippen LogP contribution in [0.4, 0.5) is 0 Å². The van der Waals surface area contributed by atoms with Crippen molar-refractivity contribution >= 4 is 11.6 Å². The van der Waals surface area contributed by atoms with E-state index in [2.05, 4.69) is 0 Å². The maximum atomic E-state index is 12.3. The van der Waals surface area contributed by atoms with Crippen molar-refractivity contribution in [1.29, 1.82) is 0 Å². The molecule has 0 heterocycles. The molecule has 0 unspecified atom stereocenters. The summed E-state index contributed by atoms with van der Waals surface area (Å²) < 4.78 is 0. The van der Waals surface area contributed by atoms with Crippen LogP contribution < -0.4 is 0 Å². The van der Waals surface area contributed by atoms with E-state index >= 15 is 0 Å². The molecule has 0 radical (unpaired) electrons. The molecule has 0 spiro atoms. The highest BCUT2D eigenvalue weighted by Gasteiger charge is 2.22. The monoisotopic (exact) mass is 280 g/mol. The lowest BCUT2D eigenvalue weighted by Crippen LogP contribution is -2.20. The molecule has 2 heteroatoms. The molecule has 0 aromatic heterocycles. The predicted molar refractivity (Wildman–Crippen MR) is 85.7 cm³/mol. The van der Waals surface area contributed by atoms with Gasteiger partial charge in [0.05, 0.1) is 0 Å². The predicted octanol–water partition coefficient (Wildman–Crippen LogP) is 4.79. The smallest absolute Gasteiger partial charge is 0.168 e. The van der Waals surface area contributed by atoms with Gasteiger partial charge in [-0.1, -0.05) is 63.2 Å². The minimum atomic E-state index is -0.392. The van der Waals surface area contributed by atoms with Crippen molar-refractivity contribution < 1.29 is 9.59 Å². The van der Waals surface area contributed by atoms with Gasteiger partial charge in [-0.2, -0.15) is 0 Å². The number of carbonyl (C=O) groups is 2. The van der Waals surface area contributed by atoms with Gasteiger partial charge in [-0.15, -0.1) is 0 Å². The van der Waals surface area contributed by atoms with Gasteiger partial charge in [0, 0.05) is 16.5 Å². The average Bonchev–Trinajstić information content (AvgIpc) is 2.45. The zero-order valence-electron chi connectivity index (χ0n) is 12.9. The van der Waals surface area contributed by atoms with Gasteiger partial charge in [0.2, 0.25) is 0 Å². The van der Waals surface area contributed by atoms with E-state index in [4.69, 9.17) is 0 Å². The van der Waals surface area contributed by atoms with Gasteiger partial charge >= 0.3 is 0 Å². The van der Waals surface area contributed by atoms with Crippen LogP contribution in [0.3, 0.4) is 0 Å². The van der Waals surface area contributed by atoms with E-state index in [1.54, 1.807) is 6.92 Å². The second kappa shape index (κ2) is 5.65. The number of hydrogen-bond acceptors (Lipinski definition) is 2. The molecule has 2 rings (SSSR count). The highest BCUT2D eigenvalue weighted by molar-refractivity contribution is 6.00. The van der Waals surface area contributed by atoms with Crippen LogP contribution in [-0.4, -0.2) is 11.6 Å². The number of carbonyl (C=O) groups excluding carboxylic acids is 2. The minimum Gasteiger partial charge on any atom is -0.295 e. The lowest BCUT2D eigenvalue weighted by atomic mass is 9.85. The fraction of sp³-hybridized carbons (Fsp3) is 0.263. The Morgan fingerprint density at radius 3 is 1.95 bits per heavy atom. The minimum absolute atomic E-state index is 0.0539. The molecule has 0 atom stereocenters. The van der Waals surface area contributed by atoms with Crippen molar-refractivity contribution in [2.75, 3.05) is 0 Å². The molecular formula is C19H20O2. The molecule has 2 nitrogen and oxygen atoms in total. The summed E-state index contributed by atoms with van der Waals surface area (Å²) in [6.07, 6.45) is 0. The Kier molecular flexibility index (Phi) is 4.08. The van der Waals surface area contributed by atoms with Crippen LogP contribution in [0.2, 0.25) is 0 Å². The Bertz CT molecular complexity index is 673. The zero-order valence-corrected chi connectivity index (χ0v) is 12.9. The van der Waals surface area contributed by atoms with E-state index in [1.165, 1.54) is 0 Å². The van der Waals surface area contributed by atoms with Crippen LogP contribution in [0.25, 0.3) is 11.1 Å². The fourth-order valence-electron chi connectivity index (χ4n) is 2.17. The van der Waals surface area contributed by atoms with E-state index in [-0.39, 0.29) is 11.6 Å². The SMILES string of the molecule is CC(=O)c1ccc(-c2cccc(C(=O)C(C)(C)C)c2)cc1. The van der Waals surface area contributed by atoms with Crippen molar-refractivity contribution in [3.63, 3.8) is 0 Å². The van der Waals surface area contributed by atoms with Crippen LogP contribution in [0.15, 0.2) is 48.5 Å². The Morgan fingerprint density at radius 2 is 1.43 bits per heavy atom. The molecule has 21 heavy (non-hydrogen) atoms. The second-order valence-corrected chi connectivity index (χ2v) is 6.29. The standard InChI is InChI=1S/C19H20O2/c1-13(20)14-8-10-15(11-9-14)16-6-5-7-17(12-16)18(21)19(2,3)4/h5-12H,1-4H3. The first-order valence-electron chi connectivity index (χ1n) is 7.05. The summed E-state index contributed by atoms with van der Waals surface area (Å²) in [4.78, 5) is 23.7. The van der Waals surface area contributed by atoms with Gasteiger partial charge in [0.1, 0.15) is 0 Å². The topological polar surface area (TPSA) is 34.1 Å². The highest BCUT2D eigenvalue weighted by atomic mass is 16.1. The summed E-state index contributed by atoms with van der Waals surface area (Å²) in [5, 5.41) is 0. The number of ketones is 2. The molecule has 0 aliphatic heterocycles. The van der Waals surface area contributed by atoms with Gasteiger partial charge in [0.25, 0.3) is 0 Å². The Morgan fingerprint density at radius 1 is 0.810 bits per heavy atom. The normalized spacial score (nSPS) is 11.2. The van der Waals surface area contributed by atoms with Gasteiger partial charge < -0.3 is 0 Å². The number of benzene rings is 2. The zero-order chi connectivity index (χ0) is 15.6.